The van der Waals surface area contributed by atoms with Crippen LogP contribution in [0.1, 0.15) is 21.9 Å². The van der Waals surface area contributed by atoms with Gasteiger partial charge in [-0.25, -0.2) is 4.98 Å². The van der Waals surface area contributed by atoms with E-state index in [4.69, 9.17) is 0 Å². The number of thiazole rings is 1. The number of nitrogens with zero attached hydrogens (tertiary/aromatic N) is 4. The molecule has 5 nitrogen and oxygen atoms in total. The van der Waals surface area contributed by atoms with Crippen molar-refractivity contribution in [1.82, 2.24) is 20.0 Å². The highest BCUT2D eigenvalue weighted by Crippen LogP contribution is 2.15. The van der Waals surface area contributed by atoms with Gasteiger partial charge in [0.1, 0.15) is 5.69 Å². The van der Waals surface area contributed by atoms with Gasteiger partial charge in [0.25, 0.3) is 0 Å². The van der Waals surface area contributed by atoms with E-state index >= 15 is 0 Å². The van der Waals surface area contributed by atoms with Gasteiger partial charge in [-0.3, -0.25) is 4.79 Å². The van der Waals surface area contributed by atoms with Crippen LogP contribution in [0.4, 0.5) is 0 Å². The second kappa shape index (κ2) is 3.30. The summed E-state index contributed by atoms with van der Waals surface area (Å²) in [4.78, 5) is 14.8. The second-order valence-electron chi connectivity index (χ2n) is 2.86. The molecule has 0 bridgehead atoms. The summed E-state index contributed by atoms with van der Waals surface area (Å²) in [6.07, 6.45) is 0.694. The third-order valence-corrected chi connectivity index (χ3v) is 2.76. The van der Waals surface area contributed by atoms with Crippen molar-refractivity contribution in [1.29, 1.82) is 0 Å². The SMILES string of the molecule is Cc1csc(-n2nnc(C=O)c2C)n1. The molecule has 0 aliphatic rings. The molecule has 2 rings (SSSR count). The van der Waals surface area contributed by atoms with Crippen molar-refractivity contribution in [2.75, 3.05) is 0 Å². The number of carbonyl (C=O) groups is 1. The van der Waals surface area contributed by atoms with Gasteiger partial charge >= 0.3 is 0 Å². The van der Waals surface area contributed by atoms with Crippen molar-refractivity contribution in [3.05, 3.63) is 22.5 Å². The molecule has 0 aliphatic heterocycles. The van der Waals surface area contributed by atoms with Crippen molar-refractivity contribution in [2.45, 2.75) is 13.8 Å². The monoisotopic (exact) mass is 208 g/mol. The minimum Gasteiger partial charge on any atom is -0.296 e. The number of hydrogen-bond acceptors (Lipinski definition) is 5. The maximum atomic E-state index is 10.5. The Balaban J connectivity index is 2.51. The van der Waals surface area contributed by atoms with Crippen LogP contribution in [0.15, 0.2) is 5.38 Å². The maximum absolute atomic E-state index is 10.5. The van der Waals surface area contributed by atoms with E-state index in [1.807, 2.05) is 12.3 Å². The van der Waals surface area contributed by atoms with E-state index in [9.17, 15) is 4.79 Å². The van der Waals surface area contributed by atoms with Crippen LogP contribution in [0.5, 0.6) is 0 Å². The highest BCUT2D eigenvalue weighted by molar-refractivity contribution is 7.12. The predicted molar refractivity (Wildman–Crippen MR) is 51.9 cm³/mol. The lowest BCUT2D eigenvalue weighted by Crippen LogP contribution is -1.98. The van der Waals surface area contributed by atoms with E-state index < -0.39 is 0 Å². The average Bonchev–Trinajstić information content (AvgIpc) is 2.72. The molecule has 0 atom stereocenters. The minimum absolute atomic E-state index is 0.359. The molecule has 0 saturated carbocycles. The quantitative estimate of drug-likeness (QED) is 0.695. The minimum atomic E-state index is 0.359. The molecular formula is C8H8N4OS. The Morgan fingerprint density at radius 3 is 2.79 bits per heavy atom. The van der Waals surface area contributed by atoms with Crippen LogP contribution in [0.2, 0.25) is 0 Å². The number of rotatable bonds is 2. The zero-order valence-corrected chi connectivity index (χ0v) is 8.58. The summed E-state index contributed by atoms with van der Waals surface area (Å²) in [6, 6.07) is 0. The molecule has 0 aliphatic carbocycles. The van der Waals surface area contributed by atoms with Gasteiger partial charge in [0.2, 0.25) is 5.13 Å². The first kappa shape index (κ1) is 9.01. The number of aldehydes is 1. The van der Waals surface area contributed by atoms with Gasteiger partial charge in [-0.2, -0.15) is 4.68 Å². The summed E-state index contributed by atoms with van der Waals surface area (Å²) in [6.45, 7) is 3.70. The van der Waals surface area contributed by atoms with Gasteiger partial charge in [-0.05, 0) is 13.8 Å². The molecule has 6 heteroatoms. The lowest BCUT2D eigenvalue weighted by Gasteiger charge is -1.95. The molecule has 2 aromatic rings. The molecule has 0 aromatic carbocycles. The molecule has 0 amide bonds. The van der Waals surface area contributed by atoms with Gasteiger partial charge < -0.3 is 0 Å². The second-order valence-corrected chi connectivity index (χ2v) is 3.70. The Hall–Kier alpha value is -1.56. The molecule has 2 aromatic heterocycles. The van der Waals surface area contributed by atoms with Crippen LogP contribution in [0.25, 0.3) is 5.13 Å². The normalized spacial score (nSPS) is 10.4. The predicted octanol–water partition coefficient (Wildman–Crippen LogP) is 1.15. The highest BCUT2D eigenvalue weighted by atomic mass is 32.1. The molecule has 0 saturated heterocycles. The first-order chi connectivity index (χ1) is 6.72. The van der Waals surface area contributed by atoms with Gasteiger partial charge in [0.05, 0.1) is 11.4 Å². The number of aryl methyl sites for hydroxylation is 1. The Morgan fingerprint density at radius 2 is 2.29 bits per heavy atom. The van der Waals surface area contributed by atoms with Gasteiger partial charge in [-0.15, -0.1) is 16.4 Å². The van der Waals surface area contributed by atoms with Crippen molar-refractivity contribution < 1.29 is 4.79 Å². The first-order valence-corrected chi connectivity index (χ1v) is 4.90. The van der Waals surface area contributed by atoms with Crippen molar-refractivity contribution in [2.24, 2.45) is 0 Å². The maximum Gasteiger partial charge on any atom is 0.212 e. The molecule has 0 N–H and O–H groups in total. The van der Waals surface area contributed by atoms with E-state index in [-0.39, 0.29) is 0 Å². The zero-order chi connectivity index (χ0) is 10.1. The van der Waals surface area contributed by atoms with Gasteiger partial charge in [0, 0.05) is 5.38 Å². The third-order valence-electron chi connectivity index (χ3n) is 1.83. The fraction of sp³-hybridized carbons (Fsp3) is 0.250. The summed E-state index contributed by atoms with van der Waals surface area (Å²) >= 11 is 1.47. The average molecular weight is 208 g/mol. The Labute approximate surface area is 84.4 Å². The van der Waals surface area contributed by atoms with Gasteiger partial charge in [-0.1, -0.05) is 5.21 Å². The van der Waals surface area contributed by atoms with Crippen molar-refractivity contribution >= 4 is 17.6 Å². The van der Waals surface area contributed by atoms with E-state index in [2.05, 4.69) is 15.3 Å². The van der Waals surface area contributed by atoms with Crippen molar-refractivity contribution in [3.63, 3.8) is 0 Å². The molecule has 0 unspecified atom stereocenters. The van der Waals surface area contributed by atoms with Crippen LogP contribution in [0.3, 0.4) is 0 Å². The highest BCUT2D eigenvalue weighted by Gasteiger charge is 2.10. The van der Waals surface area contributed by atoms with E-state index in [0.717, 1.165) is 10.8 Å². The smallest absolute Gasteiger partial charge is 0.212 e. The summed E-state index contributed by atoms with van der Waals surface area (Å²) in [5.41, 5.74) is 2.01. The van der Waals surface area contributed by atoms with Crippen molar-refractivity contribution in [3.8, 4) is 5.13 Å². The van der Waals surface area contributed by atoms with Gasteiger partial charge in [0.15, 0.2) is 6.29 Å². The largest absolute Gasteiger partial charge is 0.296 e. The van der Waals surface area contributed by atoms with E-state index in [1.54, 1.807) is 11.6 Å². The summed E-state index contributed by atoms with van der Waals surface area (Å²) in [5, 5.41) is 10.2. The lowest BCUT2D eigenvalue weighted by molar-refractivity contribution is 0.111. The van der Waals surface area contributed by atoms with Crippen LogP contribution in [0, 0.1) is 13.8 Å². The molecule has 0 fully saturated rings. The number of aromatic nitrogens is 4. The summed E-state index contributed by atoms with van der Waals surface area (Å²) in [5.74, 6) is 0. The third kappa shape index (κ3) is 1.33. The lowest BCUT2D eigenvalue weighted by atomic mass is 10.4. The summed E-state index contributed by atoms with van der Waals surface area (Å²) in [7, 11) is 0. The molecule has 14 heavy (non-hydrogen) atoms. The summed E-state index contributed by atoms with van der Waals surface area (Å²) < 4.78 is 1.57. The molecule has 0 spiro atoms. The molecular weight excluding hydrogens is 200 g/mol. The van der Waals surface area contributed by atoms with E-state index in [0.29, 0.717) is 17.7 Å². The molecule has 2 heterocycles. The topological polar surface area (TPSA) is 60.7 Å². The van der Waals surface area contributed by atoms with Crippen LogP contribution < -0.4 is 0 Å². The first-order valence-electron chi connectivity index (χ1n) is 4.02. The molecule has 72 valence electrons. The van der Waals surface area contributed by atoms with Crippen LogP contribution in [-0.2, 0) is 0 Å². The fourth-order valence-electron chi connectivity index (χ4n) is 1.07. The Kier molecular flexibility index (Phi) is 2.12. The van der Waals surface area contributed by atoms with Crippen LogP contribution in [-0.4, -0.2) is 26.3 Å². The number of carbonyl (C=O) groups excluding carboxylic acids is 1. The van der Waals surface area contributed by atoms with Crippen LogP contribution >= 0.6 is 11.3 Å². The fourth-order valence-corrected chi connectivity index (χ4v) is 1.87. The van der Waals surface area contributed by atoms with E-state index in [1.165, 1.54) is 11.3 Å². The standard InChI is InChI=1S/C8H8N4OS/c1-5-4-14-8(9-5)12-6(2)7(3-13)10-11-12/h3-4H,1-2H3. The zero-order valence-electron chi connectivity index (χ0n) is 7.76. The number of hydrogen-bond donors (Lipinski definition) is 0. The Morgan fingerprint density at radius 1 is 1.50 bits per heavy atom. The molecule has 0 radical (unpaired) electrons. The Bertz CT molecular complexity index is 473.